The molecule has 6 heteroatoms. The molecule has 0 radical (unpaired) electrons. The van der Waals surface area contributed by atoms with Gasteiger partial charge in [0.05, 0.1) is 11.0 Å². The summed E-state index contributed by atoms with van der Waals surface area (Å²) in [4.78, 5) is 15.5. The van der Waals surface area contributed by atoms with Crippen LogP contribution in [0.15, 0.2) is 53.3 Å². The maximum atomic E-state index is 11.6. The van der Waals surface area contributed by atoms with Crippen molar-refractivity contribution < 1.29 is 9.53 Å². The van der Waals surface area contributed by atoms with Crippen LogP contribution in [0.4, 0.5) is 4.79 Å². The molecule has 0 spiro atoms. The Morgan fingerprint density at radius 2 is 1.90 bits per heavy atom. The highest BCUT2D eigenvalue weighted by Crippen LogP contribution is 2.23. The van der Waals surface area contributed by atoms with Crippen molar-refractivity contribution in [2.75, 3.05) is 13.2 Å². The Balaban J connectivity index is 1.62. The van der Waals surface area contributed by atoms with Gasteiger partial charge in [0.25, 0.3) is 0 Å². The van der Waals surface area contributed by atoms with Crippen molar-refractivity contribution in [1.82, 2.24) is 15.6 Å². The number of benzene rings is 1. The van der Waals surface area contributed by atoms with Gasteiger partial charge in [-0.15, -0.1) is 0 Å². The third-order valence-corrected chi connectivity index (χ3v) is 3.34. The fourth-order valence-corrected chi connectivity index (χ4v) is 2.03. The molecule has 1 aromatic carbocycles. The molecule has 0 bridgehead atoms. The molecule has 2 aromatic rings. The van der Waals surface area contributed by atoms with Crippen LogP contribution in [0.5, 0.6) is 5.75 Å². The number of pyridine rings is 1. The van der Waals surface area contributed by atoms with Gasteiger partial charge in [-0.3, -0.25) is 4.98 Å². The number of nitrogens with one attached hydrogen (secondary N) is 2. The molecule has 2 rings (SSSR count). The number of halogens is 1. The molecule has 21 heavy (non-hydrogen) atoms. The van der Waals surface area contributed by atoms with Crippen molar-refractivity contribution in [2.24, 2.45) is 0 Å². The fraction of sp³-hybridized carbons (Fsp3) is 0.200. The molecule has 0 aliphatic heterocycles. The number of carbonyl (C=O) groups is 1. The lowest BCUT2D eigenvalue weighted by Crippen LogP contribution is -2.37. The van der Waals surface area contributed by atoms with E-state index in [1.165, 1.54) is 0 Å². The van der Waals surface area contributed by atoms with Gasteiger partial charge in [-0.2, -0.15) is 0 Å². The Hall–Kier alpha value is -2.08. The van der Waals surface area contributed by atoms with Gasteiger partial charge in [-0.05, 0) is 45.8 Å². The predicted molar refractivity (Wildman–Crippen MR) is 84.1 cm³/mol. The van der Waals surface area contributed by atoms with Crippen LogP contribution in [0, 0.1) is 0 Å². The number of hydrogen-bond donors (Lipinski definition) is 2. The summed E-state index contributed by atoms with van der Waals surface area (Å²) in [6.45, 7) is 1.31. The van der Waals surface area contributed by atoms with Crippen LogP contribution < -0.4 is 15.4 Å². The minimum atomic E-state index is -0.220. The highest BCUT2D eigenvalue weighted by molar-refractivity contribution is 9.10. The van der Waals surface area contributed by atoms with Crippen LogP contribution in [0.3, 0.4) is 0 Å². The van der Waals surface area contributed by atoms with E-state index in [-0.39, 0.29) is 6.03 Å². The van der Waals surface area contributed by atoms with E-state index in [1.54, 1.807) is 12.4 Å². The van der Waals surface area contributed by atoms with Gasteiger partial charge in [0.15, 0.2) is 0 Å². The molecule has 1 aromatic heterocycles. The predicted octanol–water partition coefficient (Wildman–Crippen LogP) is 2.72. The summed E-state index contributed by atoms with van der Waals surface area (Å²) in [5.74, 6) is 0.761. The lowest BCUT2D eigenvalue weighted by Gasteiger charge is -2.10. The Labute approximate surface area is 131 Å². The minimum Gasteiger partial charge on any atom is -0.491 e. The molecule has 0 aliphatic rings. The van der Waals surface area contributed by atoms with E-state index in [1.807, 2.05) is 36.4 Å². The first-order valence-electron chi connectivity index (χ1n) is 6.53. The molecule has 5 nitrogen and oxygen atoms in total. The summed E-state index contributed by atoms with van der Waals surface area (Å²) in [7, 11) is 0. The molecule has 0 saturated carbocycles. The lowest BCUT2D eigenvalue weighted by molar-refractivity contribution is 0.236. The molecule has 1 heterocycles. The van der Waals surface area contributed by atoms with Crippen LogP contribution in [-0.2, 0) is 6.54 Å². The van der Waals surface area contributed by atoms with Crippen molar-refractivity contribution in [3.05, 3.63) is 58.8 Å². The Morgan fingerprint density at radius 1 is 1.14 bits per heavy atom. The molecule has 110 valence electrons. The molecular weight excluding hydrogens is 334 g/mol. The second-order valence-corrected chi connectivity index (χ2v) is 5.10. The summed E-state index contributed by atoms with van der Waals surface area (Å²) >= 11 is 3.40. The van der Waals surface area contributed by atoms with E-state index in [9.17, 15) is 4.79 Å². The average molecular weight is 350 g/mol. The summed E-state index contributed by atoms with van der Waals surface area (Å²) < 4.78 is 6.45. The summed E-state index contributed by atoms with van der Waals surface area (Å²) in [5, 5.41) is 5.50. The van der Waals surface area contributed by atoms with Crippen LogP contribution >= 0.6 is 15.9 Å². The van der Waals surface area contributed by atoms with Gasteiger partial charge < -0.3 is 15.4 Å². The number of ether oxygens (including phenoxy) is 1. The van der Waals surface area contributed by atoms with Gasteiger partial charge in [-0.25, -0.2) is 4.79 Å². The second kappa shape index (κ2) is 8.26. The van der Waals surface area contributed by atoms with Crippen molar-refractivity contribution in [3.8, 4) is 5.75 Å². The minimum absolute atomic E-state index is 0.220. The van der Waals surface area contributed by atoms with Crippen molar-refractivity contribution >= 4 is 22.0 Å². The largest absolute Gasteiger partial charge is 0.491 e. The molecule has 0 aliphatic carbocycles. The van der Waals surface area contributed by atoms with E-state index >= 15 is 0 Å². The van der Waals surface area contributed by atoms with Gasteiger partial charge in [0.1, 0.15) is 12.4 Å². The normalized spacial score (nSPS) is 9.95. The van der Waals surface area contributed by atoms with Gasteiger partial charge >= 0.3 is 6.03 Å². The summed E-state index contributed by atoms with van der Waals surface area (Å²) in [6.07, 6.45) is 3.39. The van der Waals surface area contributed by atoms with E-state index in [0.29, 0.717) is 19.7 Å². The highest BCUT2D eigenvalue weighted by Gasteiger charge is 2.01. The first-order valence-corrected chi connectivity index (χ1v) is 7.33. The number of nitrogens with zero attached hydrogens (tertiary/aromatic N) is 1. The molecule has 0 saturated heterocycles. The van der Waals surface area contributed by atoms with E-state index in [2.05, 4.69) is 31.5 Å². The molecule has 0 atom stereocenters. The molecule has 2 N–H and O–H groups in total. The third-order valence-electron chi connectivity index (χ3n) is 2.68. The fourth-order valence-electron chi connectivity index (χ4n) is 1.63. The van der Waals surface area contributed by atoms with Crippen molar-refractivity contribution in [3.63, 3.8) is 0 Å². The number of carbonyl (C=O) groups excluding carboxylic acids is 1. The Kier molecular flexibility index (Phi) is 6.02. The van der Waals surface area contributed by atoms with Crippen molar-refractivity contribution in [1.29, 1.82) is 0 Å². The number of rotatable bonds is 6. The number of urea groups is 1. The number of aromatic nitrogens is 1. The van der Waals surface area contributed by atoms with Crippen LogP contribution in [0.1, 0.15) is 5.56 Å². The first kappa shape index (κ1) is 15.3. The standard InChI is InChI=1S/C15H16BrN3O2/c16-13-3-1-2-4-14(13)21-10-9-18-15(20)19-11-12-5-7-17-8-6-12/h1-8H,9-11H2,(H2,18,19,20). The Bertz CT molecular complexity index is 578. The zero-order valence-corrected chi connectivity index (χ0v) is 13.0. The highest BCUT2D eigenvalue weighted by atomic mass is 79.9. The van der Waals surface area contributed by atoms with Crippen LogP contribution in [-0.4, -0.2) is 24.2 Å². The summed E-state index contributed by atoms with van der Waals surface area (Å²) in [6, 6.07) is 11.1. The van der Waals surface area contributed by atoms with Gasteiger partial charge in [0, 0.05) is 18.9 Å². The lowest BCUT2D eigenvalue weighted by atomic mass is 10.3. The number of para-hydroxylation sites is 1. The molecular formula is C15H16BrN3O2. The average Bonchev–Trinajstić information content (AvgIpc) is 2.52. The monoisotopic (exact) mass is 349 g/mol. The maximum Gasteiger partial charge on any atom is 0.315 e. The van der Waals surface area contributed by atoms with E-state index in [0.717, 1.165) is 15.8 Å². The third kappa shape index (κ3) is 5.43. The molecule has 0 unspecified atom stereocenters. The van der Waals surface area contributed by atoms with E-state index < -0.39 is 0 Å². The van der Waals surface area contributed by atoms with E-state index in [4.69, 9.17) is 4.74 Å². The SMILES string of the molecule is O=C(NCCOc1ccccc1Br)NCc1ccncc1. The van der Waals surface area contributed by atoms with Gasteiger partial charge in [-0.1, -0.05) is 12.1 Å². The van der Waals surface area contributed by atoms with Crippen LogP contribution in [0.2, 0.25) is 0 Å². The number of hydrogen-bond acceptors (Lipinski definition) is 3. The maximum absolute atomic E-state index is 11.6. The second-order valence-electron chi connectivity index (χ2n) is 4.24. The van der Waals surface area contributed by atoms with Crippen molar-refractivity contribution in [2.45, 2.75) is 6.54 Å². The molecule has 0 fully saturated rings. The topological polar surface area (TPSA) is 63.2 Å². The first-order chi connectivity index (χ1) is 10.3. The quantitative estimate of drug-likeness (QED) is 0.788. The zero-order chi connectivity index (χ0) is 14.9. The zero-order valence-electron chi connectivity index (χ0n) is 11.4. The number of amides is 2. The summed E-state index contributed by atoms with van der Waals surface area (Å²) in [5.41, 5.74) is 1.00. The van der Waals surface area contributed by atoms with Gasteiger partial charge in [0.2, 0.25) is 0 Å². The van der Waals surface area contributed by atoms with Crippen LogP contribution in [0.25, 0.3) is 0 Å². The Morgan fingerprint density at radius 3 is 2.67 bits per heavy atom. The smallest absolute Gasteiger partial charge is 0.315 e. The molecule has 2 amide bonds.